The van der Waals surface area contributed by atoms with Gasteiger partial charge in [0.25, 0.3) is 5.91 Å². The second kappa shape index (κ2) is 6.74. The summed E-state index contributed by atoms with van der Waals surface area (Å²) in [5, 5.41) is 2.88. The van der Waals surface area contributed by atoms with Gasteiger partial charge in [0, 0.05) is 9.26 Å². The van der Waals surface area contributed by atoms with E-state index in [0.717, 1.165) is 16.8 Å². The zero-order chi connectivity index (χ0) is 14.5. The van der Waals surface area contributed by atoms with Crippen LogP contribution < -0.4 is 10.1 Å². The van der Waals surface area contributed by atoms with Gasteiger partial charge in [0.05, 0.1) is 0 Å². The SMILES string of the molecule is Cc1cc(NC(=O)COc2ccccc2)c(C)cc1I. The van der Waals surface area contributed by atoms with Gasteiger partial charge in [-0.2, -0.15) is 0 Å². The Morgan fingerprint density at radius 3 is 2.55 bits per heavy atom. The number of hydrogen-bond acceptors (Lipinski definition) is 2. The molecule has 1 amide bonds. The highest BCUT2D eigenvalue weighted by molar-refractivity contribution is 14.1. The van der Waals surface area contributed by atoms with Crippen LogP contribution in [-0.4, -0.2) is 12.5 Å². The molecule has 0 spiro atoms. The molecule has 0 saturated heterocycles. The Balaban J connectivity index is 1.97. The van der Waals surface area contributed by atoms with Crippen molar-refractivity contribution in [3.8, 4) is 5.75 Å². The highest BCUT2D eigenvalue weighted by Gasteiger charge is 2.07. The van der Waals surface area contributed by atoms with E-state index in [2.05, 4.69) is 34.0 Å². The molecular formula is C16H16INO2. The minimum absolute atomic E-state index is 0.00842. The molecule has 0 atom stereocenters. The van der Waals surface area contributed by atoms with Crippen molar-refractivity contribution >= 4 is 34.2 Å². The van der Waals surface area contributed by atoms with Crippen molar-refractivity contribution < 1.29 is 9.53 Å². The second-order valence-corrected chi connectivity index (χ2v) is 5.73. The molecule has 0 saturated carbocycles. The number of carbonyl (C=O) groups is 1. The van der Waals surface area contributed by atoms with Gasteiger partial charge < -0.3 is 10.1 Å². The van der Waals surface area contributed by atoms with E-state index in [9.17, 15) is 4.79 Å². The molecule has 0 aromatic heterocycles. The number of benzene rings is 2. The number of rotatable bonds is 4. The lowest BCUT2D eigenvalue weighted by Gasteiger charge is -2.11. The minimum Gasteiger partial charge on any atom is -0.484 e. The van der Waals surface area contributed by atoms with Crippen molar-refractivity contribution in [2.75, 3.05) is 11.9 Å². The van der Waals surface area contributed by atoms with Crippen molar-refractivity contribution in [3.63, 3.8) is 0 Å². The summed E-state index contributed by atoms with van der Waals surface area (Å²) in [7, 11) is 0. The normalized spacial score (nSPS) is 10.2. The van der Waals surface area contributed by atoms with E-state index in [1.807, 2.05) is 50.2 Å². The van der Waals surface area contributed by atoms with Crippen molar-refractivity contribution in [2.24, 2.45) is 0 Å². The molecule has 2 rings (SSSR count). The summed E-state index contributed by atoms with van der Waals surface area (Å²) < 4.78 is 6.61. The van der Waals surface area contributed by atoms with Gasteiger partial charge in [0.1, 0.15) is 5.75 Å². The Kier molecular flexibility index (Phi) is 5.00. The Morgan fingerprint density at radius 1 is 1.15 bits per heavy atom. The number of amides is 1. The number of hydrogen-bond donors (Lipinski definition) is 1. The molecule has 2 aromatic carbocycles. The number of nitrogens with one attached hydrogen (secondary N) is 1. The average molecular weight is 381 g/mol. The molecule has 0 aliphatic rings. The summed E-state index contributed by atoms with van der Waals surface area (Å²) in [5.74, 6) is 0.538. The maximum Gasteiger partial charge on any atom is 0.262 e. The van der Waals surface area contributed by atoms with Crippen LogP contribution in [0, 0.1) is 17.4 Å². The summed E-state index contributed by atoms with van der Waals surface area (Å²) >= 11 is 2.29. The number of carbonyl (C=O) groups excluding carboxylic acids is 1. The number of aryl methyl sites for hydroxylation is 2. The molecule has 3 nitrogen and oxygen atoms in total. The summed E-state index contributed by atoms with van der Waals surface area (Å²) in [5.41, 5.74) is 3.04. The fourth-order valence-corrected chi connectivity index (χ4v) is 2.39. The molecule has 0 unspecified atom stereocenters. The molecule has 20 heavy (non-hydrogen) atoms. The number of halogens is 1. The van der Waals surface area contributed by atoms with Crippen molar-refractivity contribution in [1.29, 1.82) is 0 Å². The minimum atomic E-state index is -0.155. The number of anilines is 1. The van der Waals surface area contributed by atoms with Crippen LogP contribution in [0.15, 0.2) is 42.5 Å². The third-order valence-electron chi connectivity index (χ3n) is 2.89. The van der Waals surface area contributed by atoms with Crippen LogP contribution in [0.25, 0.3) is 0 Å². The molecule has 0 radical (unpaired) electrons. The van der Waals surface area contributed by atoms with E-state index in [1.54, 1.807) is 0 Å². The fraction of sp³-hybridized carbons (Fsp3) is 0.188. The molecule has 0 aliphatic carbocycles. The molecule has 0 aliphatic heterocycles. The van der Waals surface area contributed by atoms with E-state index in [0.29, 0.717) is 5.75 Å². The van der Waals surface area contributed by atoms with Crippen LogP contribution in [0.1, 0.15) is 11.1 Å². The first-order chi connectivity index (χ1) is 9.56. The molecule has 104 valence electrons. The Morgan fingerprint density at radius 2 is 1.85 bits per heavy atom. The zero-order valence-corrected chi connectivity index (χ0v) is 13.6. The lowest BCUT2D eigenvalue weighted by Crippen LogP contribution is -2.20. The monoisotopic (exact) mass is 381 g/mol. The Hall–Kier alpha value is -1.56. The summed E-state index contributed by atoms with van der Waals surface area (Å²) in [6.07, 6.45) is 0. The van der Waals surface area contributed by atoms with Crippen LogP contribution in [-0.2, 0) is 4.79 Å². The predicted octanol–water partition coefficient (Wildman–Crippen LogP) is 3.93. The summed E-state index contributed by atoms with van der Waals surface area (Å²) in [6.45, 7) is 4.01. The first-order valence-electron chi connectivity index (χ1n) is 6.30. The largest absolute Gasteiger partial charge is 0.484 e. The third-order valence-corrected chi connectivity index (χ3v) is 4.06. The van der Waals surface area contributed by atoms with E-state index in [-0.39, 0.29) is 12.5 Å². The van der Waals surface area contributed by atoms with Crippen molar-refractivity contribution in [3.05, 3.63) is 57.2 Å². The number of ether oxygens (including phenoxy) is 1. The Labute approximate surface area is 132 Å². The molecule has 0 bridgehead atoms. The van der Waals surface area contributed by atoms with Gasteiger partial charge in [-0.1, -0.05) is 18.2 Å². The molecule has 0 fully saturated rings. The van der Waals surface area contributed by atoms with Gasteiger partial charge in [0.15, 0.2) is 6.61 Å². The summed E-state index contributed by atoms with van der Waals surface area (Å²) in [4.78, 5) is 11.9. The maximum absolute atomic E-state index is 11.9. The molecule has 4 heteroatoms. The lowest BCUT2D eigenvalue weighted by molar-refractivity contribution is -0.118. The average Bonchev–Trinajstić information content (AvgIpc) is 2.44. The van der Waals surface area contributed by atoms with E-state index < -0.39 is 0 Å². The van der Waals surface area contributed by atoms with Crippen LogP contribution in [0.3, 0.4) is 0 Å². The molecule has 1 N–H and O–H groups in total. The lowest BCUT2D eigenvalue weighted by atomic mass is 10.1. The van der Waals surface area contributed by atoms with Gasteiger partial charge in [-0.15, -0.1) is 0 Å². The maximum atomic E-state index is 11.9. The van der Waals surface area contributed by atoms with Crippen LogP contribution in [0.4, 0.5) is 5.69 Å². The molecular weight excluding hydrogens is 365 g/mol. The van der Waals surface area contributed by atoms with Gasteiger partial charge in [-0.3, -0.25) is 4.79 Å². The molecule has 0 heterocycles. The van der Waals surface area contributed by atoms with E-state index in [1.165, 1.54) is 3.57 Å². The summed E-state index contributed by atoms with van der Waals surface area (Å²) in [6, 6.07) is 13.4. The topological polar surface area (TPSA) is 38.3 Å². The van der Waals surface area contributed by atoms with Gasteiger partial charge >= 0.3 is 0 Å². The first-order valence-corrected chi connectivity index (χ1v) is 7.38. The highest BCUT2D eigenvalue weighted by Crippen LogP contribution is 2.21. The fourth-order valence-electron chi connectivity index (χ4n) is 1.77. The van der Waals surface area contributed by atoms with E-state index >= 15 is 0 Å². The second-order valence-electron chi connectivity index (χ2n) is 4.57. The smallest absolute Gasteiger partial charge is 0.262 e. The number of para-hydroxylation sites is 1. The van der Waals surface area contributed by atoms with Crippen LogP contribution in [0.5, 0.6) is 5.75 Å². The van der Waals surface area contributed by atoms with Gasteiger partial charge in [-0.05, 0) is 71.8 Å². The Bertz CT molecular complexity index is 611. The highest BCUT2D eigenvalue weighted by atomic mass is 127. The first kappa shape index (κ1) is 14.8. The predicted molar refractivity (Wildman–Crippen MR) is 89.2 cm³/mol. The third kappa shape index (κ3) is 3.96. The van der Waals surface area contributed by atoms with Gasteiger partial charge in [0.2, 0.25) is 0 Å². The van der Waals surface area contributed by atoms with Crippen LogP contribution in [0.2, 0.25) is 0 Å². The standard InChI is InChI=1S/C16H16INO2/c1-11-9-15(12(2)8-14(11)17)18-16(19)10-20-13-6-4-3-5-7-13/h3-9H,10H2,1-2H3,(H,18,19). The quantitative estimate of drug-likeness (QED) is 0.816. The van der Waals surface area contributed by atoms with Crippen molar-refractivity contribution in [2.45, 2.75) is 13.8 Å². The van der Waals surface area contributed by atoms with Crippen LogP contribution >= 0.6 is 22.6 Å². The van der Waals surface area contributed by atoms with Gasteiger partial charge in [-0.25, -0.2) is 0 Å². The van der Waals surface area contributed by atoms with E-state index in [4.69, 9.17) is 4.74 Å². The zero-order valence-electron chi connectivity index (χ0n) is 11.4. The van der Waals surface area contributed by atoms with Crippen molar-refractivity contribution in [1.82, 2.24) is 0 Å². The molecule has 2 aromatic rings.